The van der Waals surface area contributed by atoms with Gasteiger partial charge in [-0.25, -0.2) is 4.98 Å². The molecule has 1 heterocycles. The van der Waals surface area contributed by atoms with Crippen LogP contribution in [0.4, 0.5) is 0 Å². The van der Waals surface area contributed by atoms with Crippen LogP contribution >= 0.6 is 11.8 Å². The summed E-state index contributed by atoms with van der Waals surface area (Å²) in [7, 11) is 0. The average Bonchev–Trinajstić information content (AvgIpc) is 2.45. The first kappa shape index (κ1) is 15.3. The van der Waals surface area contributed by atoms with Crippen LogP contribution in [-0.4, -0.2) is 27.1 Å². The van der Waals surface area contributed by atoms with E-state index < -0.39 is 12.0 Å². The SMILES string of the molecule is NC(Cc1cccc(CSc2nccc(=O)[nH]2)c1)C(=O)O. The topological polar surface area (TPSA) is 109 Å². The second kappa shape index (κ2) is 7.05. The Labute approximate surface area is 125 Å². The smallest absolute Gasteiger partial charge is 0.320 e. The molecular formula is C14H15N3O3S. The highest BCUT2D eigenvalue weighted by molar-refractivity contribution is 7.98. The van der Waals surface area contributed by atoms with Crippen molar-refractivity contribution in [2.45, 2.75) is 23.4 Å². The van der Waals surface area contributed by atoms with E-state index in [4.69, 9.17) is 10.8 Å². The zero-order chi connectivity index (χ0) is 15.2. The van der Waals surface area contributed by atoms with Crippen LogP contribution < -0.4 is 11.3 Å². The zero-order valence-electron chi connectivity index (χ0n) is 11.2. The van der Waals surface area contributed by atoms with Gasteiger partial charge in [0.1, 0.15) is 6.04 Å². The Bertz CT molecular complexity index is 687. The van der Waals surface area contributed by atoms with Crippen molar-refractivity contribution >= 4 is 17.7 Å². The Kier molecular flexibility index (Phi) is 5.13. The summed E-state index contributed by atoms with van der Waals surface area (Å²) in [5.74, 6) is -0.385. The Morgan fingerprint density at radius 1 is 1.38 bits per heavy atom. The van der Waals surface area contributed by atoms with Gasteiger partial charge in [-0.3, -0.25) is 9.59 Å². The lowest BCUT2D eigenvalue weighted by Gasteiger charge is -2.08. The molecule has 1 atom stereocenters. The van der Waals surface area contributed by atoms with E-state index in [9.17, 15) is 9.59 Å². The van der Waals surface area contributed by atoms with Gasteiger partial charge >= 0.3 is 5.97 Å². The van der Waals surface area contributed by atoms with Gasteiger partial charge in [0.25, 0.3) is 5.56 Å². The summed E-state index contributed by atoms with van der Waals surface area (Å²) in [6, 6.07) is 8.01. The lowest BCUT2D eigenvalue weighted by molar-refractivity contribution is -0.138. The van der Waals surface area contributed by atoms with E-state index in [1.165, 1.54) is 24.0 Å². The fraction of sp³-hybridized carbons (Fsp3) is 0.214. The van der Waals surface area contributed by atoms with Gasteiger partial charge in [0, 0.05) is 18.0 Å². The summed E-state index contributed by atoms with van der Waals surface area (Å²) in [4.78, 5) is 28.6. The number of rotatable bonds is 6. The number of H-pyrrole nitrogens is 1. The minimum absolute atomic E-state index is 0.186. The predicted molar refractivity (Wildman–Crippen MR) is 80.2 cm³/mol. The van der Waals surface area contributed by atoms with E-state index in [1.807, 2.05) is 24.3 Å². The summed E-state index contributed by atoms with van der Waals surface area (Å²) in [5.41, 5.74) is 7.23. The van der Waals surface area contributed by atoms with Crippen LogP contribution in [0.25, 0.3) is 0 Å². The molecule has 0 amide bonds. The number of nitrogens with two attached hydrogens (primary N) is 1. The normalized spacial score (nSPS) is 12.0. The highest BCUT2D eigenvalue weighted by Crippen LogP contribution is 2.19. The number of hydrogen-bond acceptors (Lipinski definition) is 5. The molecule has 0 bridgehead atoms. The summed E-state index contributed by atoms with van der Waals surface area (Å²) < 4.78 is 0. The number of aromatic amines is 1. The molecule has 0 aliphatic carbocycles. The van der Waals surface area contributed by atoms with Crippen molar-refractivity contribution in [3.05, 3.63) is 58.0 Å². The van der Waals surface area contributed by atoms with Crippen molar-refractivity contribution in [2.75, 3.05) is 0 Å². The second-order valence-corrected chi connectivity index (χ2v) is 5.46. The summed E-state index contributed by atoms with van der Waals surface area (Å²) in [5, 5.41) is 9.37. The predicted octanol–water partition coefficient (Wildman–Crippen LogP) is 1.02. The number of thioether (sulfide) groups is 1. The Hall–Kier alpha value is -2.12. The van der Waals surface area contributed by atoms with Crippen molar-refractivity contribution in [1.82, 2.24) is 9.97 Å². The lowest BCUT2D eigenvalue weighted by atomic mass is 10.0. The molecule has 110 valence electrons. The van der Waals surface area contributed by atoms with Crippen molar-refractivity contribution < 1.29 is 9.90 Å². The van der Waals surface area contributed by atoms with E-state index in [2.05, 4.69) is 9.97 Å². The fourth-order valence-electron chi connectivity index (χ4n) is 1.76. The van der Waals surface area contributed by atoms with Crippen LogP contribution in [0, 0.1) is 0 Å². The second-order valence-electron chi connectivity index (χ2n) is 4.50. The summed E-state index contributed by atoms with van der Waals surface area (Å²) >= 11 is 1.41. The molecule has 0 aliphatic rings. The van der Waals surface area contributed by atoms with E-state index >= 15 is 0 Å². The first-order valence-electron chi connectivity index (χ1n) is 6.29. The molecule has 6 nitrogen and oxygen atoms in total. The summed E-state index contributed by atoms with van der Waals surface area (Å²) in [6.45, 7) is 0. The van der Waals surface area contributed by atoms with Crippen molar-refractivity contribution in [3.63, 3.8) is 0 Å². The molecule has 2 rings (SSSR count). The van der Waals surface area contributed by atoms with Crippen LogP contribution in [0.15, 0.2) is 46.5 Å². The van der Waals surface area contributed by atoms with Crippen molar-refractivity contribution in [3.8, 4) is 0 Å². The minimum atomic E-state index is -1.01. The molecular weight excluding hydrogens is 290 g/mol. The fourth-order valence-corrected chi connectivity index (χ4v) is 2.56. The maximum atomic E-state index is 11.2. The van der Waals surface area contributed by atoms with Gasteiger partial charge in [0.05, 0.1) is 0 Å². The molecule has 0 radical (unpaired) electrons. The number of aromatic nitrogens is 2. The molecule has 1 unspecified atom stereocenters. The van der Waals surface area contributed by atoms with Gasteiger partial charge in [0.2, 0.25) is 0 Å². The van der Waals surface area contributed by atoms with E-state index in [0.29, 0.717) is 10.9 Å². The Balaban J connectivity index is 2.01. The average molecular weight is 305 g/mol. The van der Waals surface area contributed by atoms with E-state index in [-0.39, 0.29) is 12.0 Å². The van der Waals surface area contributed by atoms with Gasteiger partial charge in [-0.2, -0.15) is 0 Å². The minimum Gasteiger partial charge on any atom is -0.480 e. The molecule has 0 aliphatic heterocycles. The lowest BCUT2D eigenvalue weighted by Crippen LogP contribution is -2.32. The largest absolute Gasteiger partial charge is 0.480 e. The highest BCUT2D eigenvalue weighted by Gasteiger charge is 2.12. The van der Waals surface area contributed by atoms with Crippen LogP contribution in [0.3, 0.4) is 0 Å². The van der Waals surface area contributed by atoms with Gasteiger partial charge in [-0.1, -0.05) is 36.0 Å². The number of carboxylic acid groups (broad SMARTS) is 1. The molecule has 0 saturated carbocycles. The third-order valence-electron chi connectivity index (χ3n) is 2.79. The number of carboxylic acids is 1. The van der Waals surface area contributed by atoms with Crippen molar-refractivity contribution in [2.24, 2.45) is 5.73 Å². The molecule has 1 aromatic carbocycles. The van der Waals surface area contributed by atoms with Gasteiger partial charge in [0.15, 0.2) is 5.16 Å². The number of hydrogen-bond donors (Lipinski definition) is 3. The maximum Gasteiger partial charge on any atom is 0.320 e. The van der Waals surface area contributed by atoms with Crippen LogP contribution in [-0.2, 0) is 17.0 Å². The highest BCUT2D eigenvalue weighted by atomic mass is 32.2. The van der Waals surface area contributed by atoms with Crippen molar-refractivity contribution in [1.29, 1.82) is 0 Å². The Morgan fingerprint density at radius 2 is 2.14 bits per heavy atom. The van der Waals surface area contributed by atoms with Gasteiger partial charge in [-0.05, 0) is 17.5 Å². The van der Waals surface area contributed by atoms with Gasteiger partial charge < -0.3 is 15.8 Å². The molecule has 21 heavy (non-hydrogen) atoms. The third-order valence-corrected chi connectivity index (χ3v) is 3.75. The molecule has 7 heteroatoms. The molecule has 4 N–H and O–H groups in total. The van der Waals surface area contributed by atoms with Gasteiger partial charge in [-0.15, -0.1) is 0 Å². The van der Waals surface area contributed by atoms with Crippen LogP contribution in [0.1, 0.15) is 11.1 Å². The monoisotopic (exact) mass is 305 g/mol. The number of carbonyl (C=O) groups is 1. The number of nitrogens with zero attached hydrogens (tertiary/aromatic N) is 1. The zero-order valence-corrected chi connectivity index (χ0v) is 12.0. The first-order chi connectivity index (χ1) is 10.0. The number of nitrogens with one attached hydrogen (secondary N) is 1. The molecule has 1 aromatic heterocycles. The Morgan fingerprint density at radius 3 is 2.86 bits per heavy atom. The third kappa shape index (κ3) is 4.73. The molecule has 0 spiro atoms. The first-order valence-corrected chi connectivity index (χ1v) is 7.27. The molecule has 0 saturated heterocycles. The van der Waals surface area contributed by atoms with Crippen LogP contribution in [0.5, 0.6) is 0 Å². The maximum absolute atomic E-state index is 11.2. The quantitative estimate of drug-likeness (QED) is 0.543. The van der Waals surface area contributed by atoms with E-state index in [1.54, 1.807) is 0 Å². The molecule has 0 fully saturated rings. The molecule has 2 aromatic rings. The number of aliphatic carboxylic acids is 1. The van der Waals surface area contributed by atoms with Crippen LogP contribution in [0.2, 0.25) is 0 Å². The summed E-state index contributed by atoms with van der Waals surface area (Å²) in [6.07, 6.45) is 1.75. The standard InChI is InChI=1S/C14H15N3O3S/c15-11(13(19)20)7-9-2-1-3-10(6-9)8-21-14-16-5-4-12(18)17-14/h1-6,11H,7-8,15H2,(H,19,20)(H,16,17,18). The number of benzene rings is 1. The van der Waals surface area contributed by atoms with E-state index in [0.717, 1.165) is 11.1 Å².